The molecule has 0 aliphatic rings. The smallest absolute Gasteiger partial charge is 0.255 e. The van der Waals surface area contributed by atoms with E-state index in [0.717, 1.165) is 17.0 Å². The van der Waals surface area contributed by atoms with Crippen LogP contribution in [0.25, 0.3) is 0 Å². The van der Waals surface area contributed by atoms with Crippen LogP contribution in [0.2, 0.25) is 0 Å². The second kappa shape index (κ2) is 9.23. The lowest BCUT2D eigenvalue weighted by Gasteiger charge is -2.13. The van der Waals surface area contributed by atoms with Gasteiger partial charge in [-0.05, 0) is 56.0 Å². The number of thioether (sulfide) groups is 1. The highest BCUT2D eigenvalue weighted by atomic mass is 32.2. The number of benzene rings is 2. The molecular weight excluding hydrogens is 322 g/mol. The molecule has 1 amide bonds. The van der Waals surface area contributed by atoms with Crippen LogP contribution in [0.15, 0.2) is 47.4 Å². The Labute approximate surface area is 147 Å². The van der Waals surface area contributed by atoms with Crippen molar-refractivity contribution in [3.05, 3.63) is 48.0 Å². The van der Waals surface area contributed by atoms with Crippen molar-refractivity contribution in [3.8, 4) is 11.5 Å². The van der Waals surface area contributed by atoms with Crippen molar-refractivity contribution in [2.45, 2.75) is 25.2 Å². The zero-order valence-corrected chi connectivity index (χ0v) is 15.1. The normalized spacial score (nSPS) is 10.3. The minimum atomic E-state index is -0.170. The average Bonchev–Trinajstić information content (AvgIpc) is 2.61. The summed E-state index contributed by atoms with van der Waals surface area (Å²) in [6.07, 6.45) is 2.92. The lowest BCUT2D eigenvalue weighted by atomic mass is 10.1. The van der Waals surface area contributed by atoms with Gasteiger partial charge in [-0.3, -0.25) is 4.79 Å². The Morgan fingerprint density at radius 3 is 2.62 bits per heavy atom. The van der Waals surface area contributed by atoms with Crippen LogP contribution >= 0.6 is 11.8 Å². The number of amides is 1. The molecule has 2 aromatic carbocycles. The Balaban J connectivity index is 2.17. The van der Waals surface area contributed by atoms with Crippen molar-refractivity contribution in [3.63, 3.8) is 0 Å². The van der Waals surface area contributed by atoms with Crippen LogP contribution in [0.5, 0.6) is 11.5 Å². The van der Waals surface area contributed by atoms with Crippen LogP contribution in [0, 0.1) is 0 Å². The zero-order chi connectivity index (χ0) is 17.4. The molecule has 0 atom stereocenters. The predicted octanol–water partition coefficient (Wildman–Crippen LogP) is 4.85. The Morgan fingerprint density at radius 2 is 1.92 bits per heavy atom. The Morgan fingerprint density at radius 1 is 1.08 bits per heavy atom. The number of carbonyl (C=O) groups excluding carboxylic acids is 1. The molecule has 0 heterocycles. The van der Waals surface area contributed by atoms with Gasteiger partial charge in [-0.25, -0.2) is 0 Å². The van der Waals surface area contributed by atoms with Gasteiger partial charge in [0.15, 0.2) is 11.5 Å². The zero-order valence-electron chi connectivity index (χ0n) is 14.3. The Hall–Kier alpha value is -2.14. The van der Waals surface area contributed by atoms with Crippen molar-refractivity contribution >= 4 is 23.4 Å². The van der Waals surface area contributed by atoms with E-state index >= 15 is 0 Å². The molecule has 0 radical (unpaired) electrons. The number of carbonyl (C=O) groups is 1. The molecule has 0 aromatic heterocycles. The van der Waals surface area contributed by atoms with Crippen LogP contribution in [0.1, 0.15) is 30.6 Å². The first-order valence-electron chi connectivity index (χ1n) is 8.03. The molecule has 0 bridgehead atoms. The van der Waals surface area contributed by atoms with Crippen molar-refractivity contribution < 1.29 is 14.3 Å². The minimum Gasteiger partial charge on any atom is -0.490 e. The molecule has 128 valence electrons. The van der Waals surface area contributed by atoms with Gasteiger partial charge in [-0.15, -0.1) is 11.8 Å². The van der Waals surface area contributed by atoms with E-state index in [1.165, 1.54) is 0 Å². The molecule has 0 aliphatic carbocycles. The second-order valence-electron chi connectivity index (χ2n) is 5.13. The molecule has 4 nitrogen and oxygen atoms in total. The van der Waals surface area contributed by atoms with E-state index in [0.29, 0.717) is 30.3 Å². The topological polar surface area (TPSA) is 47.6 Å². The van der Waals surface area contributed by atoms with Gasteiger partial charge in [0.1, 0.15) is 0 Å². The summed E-state index contributed by atoms with van der Waals surface area (Å²) in [5, 5.41) is 2.92. The number of anilines is 1. The first-order valence-corrected chi connectivity index (χ1v) is 9.25. The molecular formula is C19H23NO3S. The molecule has 5 heteroatoms. The van der Waals surface area contributed by atoms with E-state index in [2.05, 4.69) is 5.32 Å². The first kappa shape index (κ1) is 18.2. The maximum atomic E-state index is 12.5. The minimum absolute atomic E-state index is 0.170. The van der Waals surface area contributed by atoms with E-state index in [4.69, 9.17) is 9.47 Å². The number of nitrogens with one attached hydrogen (secondary N) is 1. The third-order valence-corrected chi connectivity index (χ3v) is 4.02. The monoisotopic (exact) mass is 345 g/mol. The number of hydrogen-bond acceptors (Lipinski definition) is 4. The summed E-state index contributed by atoms with van der Waals surface area (Å²) in [6.45, 7) is 5.09. The predicted molar refractivity (Wildman–Crippen MR) is 99.6 cm³/mol. The van der Waals surface area contributed by atoms with E-state index in [1.807, 2.05) is 44.4 Å². The van der Waals surface area contributed by atoms with Crippen LogP contribution in [0.4, 0.5) is 5.69 Å². The fourth-order valence-corrected chi connectivity index (χ4v) is 2.61. The summed E-state index contributed by atoms with van der Waals surface area (Å²) in [6, 6.07) is 13.0. The summed E-state index contributed by atoms with van der Waals surface area (Å²) >= 11 is 1.64. The van der Waals surface area contributed by atoms with E-state index in [1.54, 1.807) is 30.0 Å². The highest BCUT2D eigenvalue weighted by Gasteiger charge is 2.12. The standard InChI is InChI=1S/C19H23NO3S/c1-4-11-23-17-10-9-14(12-18(17)22-5-2)19(21)20-15-7-6-8-16(13-15)24-3/h6-10,12-13H,4-5,11H2,1-3H3,(H,20,21). The molecule has 0 fully saturated rings. The Bertz CT molecular complexity index is 688. The number of hydrogen-bond donors (Lipinski definition) is 1. The molecule has 0 saturated carbocycles. The second-order valence-corrected chi connectivity index (χ2v) is 6.01. The highest BCUT2D eigenvalue weighted by molar-refractivity contribution is 7.98. The van der Waals surface area contributed by atoms with Gasteiger partial charge in [0.25, 0.3) is 5.91 Å². The fourth-order valence-electron chi connectivity index (χ4n) is 2.15. The van der Waals surface area contributed by atoms with Crippen LogP contribution in [-0.2, 0) is 0 Å². The van der Waals surface area contributed by atoms with Gasteiger partial charge in [0.05, 0.1) is 13.2 Å². The average molecular weight is 345 g/mol. The summed E-state index contributed by atoms with van der Waals surface area (Å²) < 4.78 is 11.3. The maximum Gasteiger partial charge on any atom is 0.255 e. The van der Waals surface area contributed by atoms with Crippen LogP contribution < -0.4 is 14.8 Å². The van der Waals surface area contributed by atoms with Gasteiger partial charge in [0.2, 0.25) is 0 Å². The fraction of sp³-hybridized carbons (Fsp3) is 0.316. The van der Waals surface area contributed by atoms with Crippen molar-refractivity contribution in [1.82, 2.24) is 0 Å². The van der Waals surface area contributed by atoms with Crippen molar-refractivity contribution in [2.24, 2.45) is 0 Å². The molecule has 0 spiro atoms. The Kier molecular flexibility index (Phi) is 7.00. The van der Waals surface area contributed by atoms with Crippen LogP contribution in [0.3, 0.4) is 0 Å². The van der Waals surface area contributed by atoms with Crippen molar-refractivity contribution in [2.75, 3.05) is 24.8 Å². The van der Waals surface area contributed by atoms with Gasteiger partial charge in [0, 0.05) is 16.1 Å². The molecule has 0 aliphatic heterocycles. The van der Waals surface area contributed by atoms with E-state index in [-0.39, 0.29) is 5.91 Å². The number of rotatable bonds is 8. The lowest BCUT2D eigenvalue weighted by molar-refractivity contribution is 0.102. The first-order chi connectivity index (χ1) is 11.7. The molecule has 0 unspecified atom stereocenters. The number of ether oxygens (including phenoxy) is 2. The molecule has 1 N–H and O–H groups in total. The summed E-state index contributed by atoms with van der Waals surface area (Å²) in [5.74, 6) is 1.09. The van der Waals surface area contributed by atoms with E-state index in [9.17, 15) is 4.79 Å². The largest absolute Gasteiger partial charge is 0.490 e. The van der Waals surface area contributed by atoms with Crippen molar-refractivity contribution in [1.29, 1.82) is 0 Å². The van der Waals surface area contributed by atoms with Gasteiger partial charge < -0.3 is 14.8 Å². The summed E-state index contributed by atoms with van der Waals surface area (Å²) in [5.41, 5.74) is 1.31. The summed E-state index contributed by atoms with van der Waals surface area (Å²) in [7, 11) is 0. The van der Waals surface area contributed by atoms with E-state index < -0.39 is 0 Å². The SMILES string of the molecule is CCCOc1ccc(C(=O)Nc2cccc(SC)c2)cc1OCC. The third kappa shape index (κ3) is 4.93. The lowest BCUT2D eigenvalue weighted by Crippen LogP contribution is -2.12. The molecule has 24 heavy (non-hydrogen) atoms. The highest BCUT2D eigenvalue weighted by Crippen LogP contribution is 2.29. The van der Waals surface area contributed by atoms with Crippen LogP contribution in [-0.4, -0.2) is 25.4 Å². The van der Waals surface area contributed by atoms with Gasteiger partial charge >= 0.3 is 0 Å². The third-order valence-electron chi connectivity index (χ3n) is 3.30. The molecule has 2 rings (SSSR count). The maximum absolute atomic E-state index is 12.5. The molecule has 2 aromatic rings. The van der Waals surface area contributed by atoms with Gasteiger partial charge in [-0.2, -0.15) is 0 Å². The molecule has 0 saturated heterocycles. The summed E-state index contributed by atoms with van der Waals surface area (Å²) in [4.78, 5) is 13.6. The quantitative estimate of drug-likeness (QED) is 0.695. The van der Waals surface area contributed by atoms with Gasteiger partial charge in [-0.1, -0.05) is 13.0 Å².